The standard InChI is InChI=1S/C23H25NO5/c1-22(2,3)29-21(27)24-18(15-10-6-5-7-11-15)23(20(26)28-4)14-16-12-8-9-13-17(16)19(23)25/h5-13,18H,14H2,1-4H3,(H,24,27)/t18-,23?/m1/s1. The second kappa shape index (κ2) is 7.70. The fourth-order valence-electron chi connectivity index (χ4n) is 3.78. The Morgan fingerprint density at radius 1 is 1.03 bits per heavy atom. The van der Waals surface area contributed by atoms with Crippen LogP contribution < -0.4 is 5.32 Å². The second-order valence-corrected chi connectivity index (χ2v) is 8.12. The van der Waals surface area contributed by atoms with Gasteiger partial charge in [-0.05, 0) is 38.3 Å². The average molecular weight is 395 g/mol. The Morgan fingerprint density at radius 2 is 1.66 bits per heavy atom. The third-order valence-corrected chi connectivity index (χ3v) is 4.97. The van der Waals surface area contributed by atoms with Gasteiger partial charge >= 0.3 is 12.1 Å². The molecule has 0 spiro atoms. The molecule has 3 rings (SSSR count). The van der Waals surface area contributed by atoms with Crippen LogP contribution in [0.5, 0.6) is 0 Å². The number of ketones is 1. The van der Waals surface area contributed by atoms with Gasteiger partial charge in [-0.3, -0.25) is 9.59 Å². The number of methoxy groups -OCH3 is 1. The van der Waals surface area contributed by atoms with Crippen LogP contribution in [0, 0.1) is 5.41 Å². The minimum Gasteiger partial charge on any atom is -0.468 e. The van der Waals surface area contributed by atoms with Crippen LogP contribution in [0.1, 0.15) is 48.3 Å². The highest BCUT2D eigenvalue weighted by molar-refractivity contribution is 6.17. The maximum Gasteiger partial charge on any atom is 0.408 e. The van der Waals surface area contributed by atoms with E-state index in [-0.39, 0.29) is 12.2 Å². The number of benzene rings is 2. The number of ether oxygens (including phenoxy) is 2. The molecule has 2 atom stereocenters. The number of Topliss-reactive ketones (excluding diaryl/α,β-unsaturated/α-hetero) is 1. The summed E-state index contributed by atoms with van der Waals surface area (Å²) in [6.07, 6.45) is -0.581. The Balaban J connectivity index is 2.12. The first-order valence-electron chi connectivity index (χ1n) is 9.44. The van der Waals surface area contributed by atoms with E-state index in [1.54, 1.807) is 57.2 Å². The van der Waals surface area contributed by atoms with Crippen molar-refractivity contribution in [1.29, 1.82) is 0 Å². The maximum atomic E-state index is 13.5. The van der Waals surface area contributed by atoms with E-state index in [0.29, 0.717) is 11.1 Å². The SMILES string of the molecule is COC(=O)C1([C@H](NC(=O)OC(C)(C)C)c2ccccc2)Cc2ccccc2C1=O. The molecule has 1 aliphatic rings. The number of carbonyl (C=O) groups is 3. The predicted molar refractivity (Wildman–Crippen MR) is 107 cm³/mol. The van der Waals surface area contributed by atoms with E-state index in [2.05, 4.69) is 5.32 Å². The summed E-state index contributed by atoms with van der Waals surface area (Å²) in [5.41, 5.74) is -0.520. The Labute approximate surface area is 170 Å². The van der Waals surface area contributed by atoms with Gasteiger partial charge in [-0.2, -0.15) is 0 Å². The summed E-state index contributed by atoms with van der Waals surface area (Å²) < 4.78 is 10.5. The van der Waals surface area contributed by atoms with E-state index in [9.17, 15) is 14.4 Å². The van der Waals surface area contributed by atoms with Crippen molar-refractivity contribution in [3.05, 3.63) is 71.3 Å². The lowest BCUT2D eigenvalue weighted by molar-refractivity contribution is -0.151. The van der Waals surface area contributed by atoms with Crippen LogP contribution in [0.3, 0.4) is 0 Å². The Morgan fingerprint density at radius 3 is 2.24 bits per heavy atom. The number of alkyl carbamates (subject to hydrolysis) is 1. The van der Waals surface area contributed by atoms with Crippen LogP contribution in [0.25, 0.3) is 0 Å². The molecule has 2 aromatic carbocycles. The first-order chi connectivity index (χ1) is 13.7. The molecule has 0 fully saturated rings. The molecule has 0 aromatic heterocycles. The maximum absolute atomic E-state index is 13.5. The Hall–Kier alpha value is -3.15. The minimum atomic E-state index is -1.61. The first kappa shape index (κ1) is 20.6. The van der Waals surface area contributed by atoms with Gasteiger partial charge in [0.25, 0.3) is 0 Å². The topological polar surface area (TPSA) is 81.7 Å². The highest BCUT2D eigenvalue weighted by Gasteiger charge is 2.58. The molecule has 29 heavy (non-hydrogen) atoms. The zero-order chi connectivity index (χ0) is 21.2. The van der Waals surface area contributed by atoms with Gasteiger partial charge in [0.1, 0.15) is 5.60 Å². The molecule has 0 radical (unpaired) electrons. The number of esters is 1. The minimum absolute atomic E-state index is 0.129. The first-order valence-corrected chi connectivity index (χ1v) is 9.44. The fraction of sp³-hybridized carbons (Fsp3) is 0.348. The molecule has 0 aliphatic heterocycles. The van der Waals surface area contributed by atoms with Crippen LogP contribution in [-0.4, -0.2) is 30.6 Å². The fourth-order valence-corrected chi connectivity index (χ4v) is 3.78. The number of hydrogen-bond donors (Lipinski definition) is 1. The summed E-state index contributed by atoms with van der Waals surface area (Å²) in [4.78, 5) is 39.2. The van der Waals surface area contributed by atoms with Crippen molar-refractivity contribution in [3.8, 4) is 0 Å². The van der Waals surface area contributed by atoms with Crippen molar-refractivity contribution in [2.24, 2.45) is 5.41 Å². The number of nitrogens with one attached hydrogen (secondary N) is 1. The van der Waals surface area contributed by atoms with Crippen LogP contribution in [0.4, 0.5) is 4.79 Å². The quantitative estimate of drug-likeness (QED) is 0.628. The molecule has 0 saturated carbocycles. The lowest BCUT2D eigenvalue weighted by atomic mass is 9.73. The van der Waals surface area contributed by atoms with E-state index >= 15 is 0 Å². The zero-order valence-electron chi connectivity index (χ0n) is 17.0. The van der Waals surface area contributed by atoms with E-state index in [0.717, 1.165) is 5.56 Å². The van der Waals surface area contributed by atoms with Gasteiger partial charge in [-0.15, -0.1) is 0 Å². The van der Waals surface area contributed by atoms with Gasteiger partial charge in [0.05, 0.1) is 13.2 Å². The van der Waals surface area contributed by atoms with Crippen molar-refractivity contribution in [1.82, 2.24) is 5.32 Å². The number of fused-ring (bicyclic) bond motifs is 1. The molecule has 6 nitrogen and oxygen atoms in total. The van der Waals surface area contributed by atoms with Crippen LogP contribution in [0.2, 0.25) is 0 Å². The van der Waals surface area contributed by atoms with Crippen LogP contribution in [0.15, 0.2) is 54.6 Å². The van der Waals surface area contributed by atoms with Crippen molar-refractivity contribution in [2.45, 2.75) is 38.8 Å². The number of hydrogen-bond acceptors (Lipinski definition) is 5. The molecule has 1 unspecified atom stereocenters. The predicted octanol–water partition coefficient (Wildman–Crippen LogP) is 3.85. The number of rotatable bonds is 4. The van der Waals surface area contributed by atoms with E-state index in [1.165, 1.54) is 7.11 Å². The van der Waals surface area contributed by atoms with Gasteiger partial charge in [-0.25, -0.2) is 4.79 Å². The van der Waals surface area contributed by atoms with Crippen molar-refractivity contribution in [3.63, 3.8) is 0 Å². The van der Waals surface area contributed by atoms with Crippen LogP contribution in [-0.2, 0) is 20.7 Å². The highest BCUT2D eigenvalue weighted by Crippen LogP contribution is 2.47. The number of carbonyl (C=O) groups excluding carboxylic acids is 3. The second-order valence-electron chi connectivity index (χ2n) is 8.12. The Bertz CT molecular complexity index is 932. The molecule has 0 heterocycles. The smallest absolute Gasteiger partial charge is 0.408 e. The normalized spacial score (nSPS) is 19.2. The van der Waals surface area contributed by atoms with E-state index in [4.69, 9.17) is 9.47 Å². The van der Waals surface area contributed by atoms with Gasteiger partial charge in [0, 0.05) is 5.56 Å². The third-order valence-electron chi connectivity index (χ3n) is 4.97. The van der Waals surface area contributed by atoms with Gasteiger partial charge in [0.15, 0.2) is 11.2 Å². The monoisotopic (exact) mass is 395 g/mol. The van der Waals surface area contributed by atoms with Crippen LogP contribution >= 0.6 is 0 Å². The number of amides is 1. The van der Waals surface area contributed by atoms with Crippen molar-refractivity contribution < 1.29 is 23.9 Å². The molecule has 1 amide bonds. The van der Waals surface area contributed by atoms with E-state index < -0.39 is 29.1 Å². The summed E-state index contributed by atoms with van der Waals surface area (Å²) >= 11 is 0. The Kier molecular flexibility index (Phi) is 5.46. The largest absolute Gasteiger partial charge is 0.468 e. The zero-order valence-corrected chi connectivity index (χ0v) is 17.0. The third kappa shape index (κ3) is 3.88. The molecule has 0 bridgehead atoms. The van der Waals surface area contributed by atoms with Gasteiger partial charge in [0.2, 0.25) is 0 Å². The highest BCUT2D eigenvalue weighted by atomic mass is 16.6. The van der Waals surface area contributed by atoms with Crippen molar-refractivity contribution >= 4 is 17.8 Å². The van der Waals surface area contributed by atoms with E-state index in [1.807, 2.05) is 18.2 Å². The molecule has 2 aromatic rings. The van der Waals surface area contributed by atoms with Crippen molar-refractivity contribution in [2.75, 3.05) is 7.11 Å². The molecule has 152 valence electrons. The summed E-state index contributed by atoms with van der Waals surface area (Å²) in [7, 11) is 1.25. The average Bonchev–Trinajstić information content (AvgIpc) is 2.98. The summed E-state index contributed by atoms with van der Waals surface area (Å²) in [6, 6.07) is 15.1. The van der Waals surface area contributed by atoms with Gasteiger partial charge < -0.3 is 14.8 Å². The molecular weight excluding hydrogens is 370 g/mol. The lowest BCUT2D eigenvalue weighted by Gasteiger charge is -2.35. The molecular formula is C23H25NO5. The molecule has 6 heteroatoms. The molecule has 1 aliphatic carbocycles. The lowest BCUT2D eigenvalue weighted by Crippen LogP contribution is -2.51. The molecule has 0 saturated heterocycles. The summed E-state index contributed by atoms with van der Waals surface area (Å²) in [5, 5.41) is 2.77. The summed E-state index contributed by atoms with van der Waals surface area (Å²) in [6.45, 7) is 5.24. The molecule has 1 N–H and O–H groups in total. The van der Waals surface area contributed by atoms with Gasteiger partial charge in [-0.1, -0.05) is 54.6 Å². The summed E-state index contributed by atoms with van der Waals surface area (Å²) in [5.74, 6) is -1.06.